The summed E-state index contributed by atoms with van der Waals surface area (Å²) in [5, 5.41) is 13.4. The molecule has 0 heterocycles. The number of benzene rings is 2. The summed E-state index contributed by atoms with van der Waals surface area (Å²) in [6.45, 7) is 4.29. The molecule has 0 aliphatic heterocycles. The number of amides is 1. The molecule has 0 bridgehead atoms. The second kappa shape index (κ2) is 6.85. The van der Waals surface area contributed by atoms with E-state index in [2.05, 4.69) is 19.2 Å². The summed E-state index contributed by atoms with van der Waals surface area (Å²) in [7, 11) is 0. The average Bonchev–Trinajstić information content (AvgIpc) is 2.54. The number of hydrogen-bond donors (Lipinski definition) is 1. The van der Waals surface area contributed by atoms with Crippen molar-refractivity contribution < 1.29 is 9.72 Å². The molecule has 114 valence electrons. The van der Waals surface area contributed by atoms with E-state index in [1.54, 1.807) is 0 Å². The van der Waals surface area contributed by atoms with Crippen molar-refractivity contribution in [1.29, 1.82) is 0 Å². The van der Waals surface area contributed by atoms with Crippen LogP contribution in [0.1, 0.15) is 42.1 Å². The van der Waals surface area contributed by atoms with Crippen molar-refractivity contribution in [2.45, 2.75) is 26.2 Å². The van der Waals surface area contributed by atoms with Crippen molar-refractivity contribution in [1.82, 2.24) is 0 Å². The van der Waals surface area contributed by atoms with Gasteiger partial charge in [-0.1, -0.05) is 26.0 Å². The van der Waals surface area contributed by atoms with Crippen molar-refractivity contribution in [3.63, 3.8) is 0 Å². The number of hydrogen-bond acceptors (Lipinski definition) is 3. The first-order chi connectivity index (χ1) is 10.5. The molecule has 0 aromatic heterocycles. The molecule has 1 N–H and O–H groups in total. The number of nitro groups is 1. The third kappa shape index (κ3) is 3.69. The smallest absolute Gasteiger partial charge is 0.269 e. The maximum Gasteiger partial charge on any atom is 0.269 e. The molecule has 0 saturated carbocycles. The van der Waals surface area contributed by atoms with Crippen LogP contribution in [-0.4, -0.2) is 10.8 Å². The Labute approximate surface area is 129 Å². The van der Waals surface area contributed by atoms with Crippen molar-refractivity contribution in [2.24, 2.45) is 0 Å². The average molecular weight is 298 g/mol. The number of nitro benzene ring substituents is 1. The van der Waals surface area contributed by atoms with Gasteiger partial charge < -0.3 is 5.32 Å². The molecule has 5 nitrogen and oxygen atoms in total. The monoisotopic (exact) mass is 298 g/mol. The third-order valence-electron chi connectivity index (χ3n) is 3.69. The Bertz CT molecular complexity index is 663. The van der Waals surface area contributed by atoms with E-state index in [0.717, 1.165) is 6.42 Å². The second-order valence-electron chi connectivity index (χ2n) is 5.19. The Morgan fingerprint density at radius 3 is 2.23 bits per heavy atom. The fraction of sp³-hybridized carbons (Fsp3) is 0.235. The van der Waals surface area contributed by atoms with E-state index < -0.39 is 4.92 Å². The predicted octanol–water partition coefficient (Wildman–Crippen LogP) is 4.36. The minimum absolute atomic E-state index is 0.0329. The number of carbonyl (C=O) groups is 1. The van der Waals surface area contributed by atoms with Crippen molar-refractivity contribution in [3.05, 3.63) is 69.8 Å². The standard InChI is InChI=1S/C17H18N2O3/c1-3-12(2)13-4-8-15(9-5-13)18-17(20)14-6-10-16(11-7-14)19(21)22/h4-12H,3H2,1-2H3,(H,18,20). The van der Waals surface area contributed by atoms with Crippen LogP contribution < -0.4 is 5.32 Å². The highest BCUT2D eigenvalue weighted by Crippen LogP contribution is 2.21. The topological polar surface area (TPSA) is 72.2 Å². The maximum atomic E-state index is 12.1. The van der Waals surface area contributed by atoms with Crippen LogP contribution in [0.25, 0.3) is 0 Å². The van der Waals surface area contributed by atoms with Gasteiger partial charge in [0.15, 0.2) is 0 Å². The molecule has 5 heteroatoms. The summed E-state index contributed by atoms with van der Waals surface area (Å²) >= 11 is 0. The summed E-state index contributed by atoms with van der Waals surface area (Å²) in [5.74, 6) is 0.200. The number of anilines is 1. The molecule has 2 rings (SSSR count). The summed E-state index contributed by atoms with van der Waals surface area (Å²) in [6.07, 6.45) is 1.06. The number of nitrogens with zero attached hydrogens (tertiary/aromatic N) is 1. The lowest BCUT2D eigenvalue weighted by Crippen LogP contribution is -2.11. The highest BCUT2D eigenvalue weighted by atomic mass is 16.6. The van der Waals surface area contributed by atoms with Crippen LogP contribution >= 0.6 is 0 Å². The Hall–Kier alpha value is -2.69. The maximum absolute atomic E-state index is 12.1. The quantitative estimate of drug-likeness (QED) is 0.658. The lowest BCUT2D eigenvalue weighted by atomic mass is 9.98. The highest BCUT2D eigenvalue weighted by Gasteiger charge is 2.10. The van der Waals surface area contributed by atoms with Gasteiger partial charge in [-0.05, 0) is 42.2 Å². The van der Waals surface area contributed by atoms with Crippen LogP contribution in [0.15, 0.2) is 48.5 Å². The lowest BCUT2D eigenvalue weighted by Gasteiger charge is -2.10. The van der Waals surface area contributed by atoms with Gasteiger partial charge in [-0.3, -0.25) is 14.9 Å². The van der Waals surface area contributed by atoms with Gasteiger partial charge in [0, 0.05) is 23.4 Å². The third-order valence-corrected chi connectivity index (χ3v) is 3.69. The summed E-state index contributed by atoms with van der Waals surface area (Å²) in [5.41, 5.74) is 2.29. The molecule has 0 aliphatic carbocycles. The highest BCUT2D eigenvalue weighted by molar-refractivity contribution is 6.04. The first-order valence-electron chi connectivity index (χ1n) is 7.17. The molecule has 0 fully saturated rings. The number of rotatable bonds is 5. The summed E-state index contributed by atoms with van der Waals surface area (Å²) < 4.78 is 0. The van der Waals surface area contributed by atoms with Crippen LogP contribution in [0.4, 0.5) is 11.4 Å². The number of carbonyl (C=O) groups excluding carboxylic acids is 1. The van der Waals surface area contributed by atoms with Gasteiger partial charge in [0.2, 0.25) is 0 Å². The van der Waals surface area contributed by atoms with Gasteiger partial charge in [0.05, 0.1) is 4.92 Å². The Morgan fingerprint density at radius 2 is 1.73 bits per heavy atom. The fourth-order valence-corrected chi connectivity index (χ4v) is 2.07. The molecule has 2 aromatic carbocycles. The van der Waals surface area contributed by atoms with Crippen LogP contribution in [0, 0.1) is 10.1 Å². The number of nitrogens with one attached hydrogen (secondary N) is 1. The van der Waals surface area contributed by atoms with E-state index in [1.807, 2.05) is 24.3 Å². The minimum atomic E-state index is -0.491. The van der Waals surface area contributed by atoms with Crippen molar-refractivity contribution in [3.8, 4) is 0 Å². The van der Waals surface area contributed by atoms with Gasteiger partial charge in [0.25, 0.3) is 11.6 Å². The molecule has 1 atom stereocenters. The van der Waals surface area contributed by atoms with Crippen molar-refractivity contribution in [2.75, 3.05) is 5.32 Å². The van der Waals surface area contributed by atoms with Gasteiger partial charge in [-0.15, -0.1) is 0 Å². The van der Waals surface area contributed by atoms with E-state index in [9.17, 15) is 14.9 Å². The largest absolute Gasteiger partial charge is 0.322 e. The van der Waals surface area contributed by atoms with E-state index in [1.165, 1.54) is 29.8 Å². The van der Waals surface area contributed by atoms with Crippen molar-refractivity contribution >= 4 is 17.3 Å². The molecule has 1 amide bonds. The fourth-order valence-electron chi connectivity index (χ4n) is 2.07. The zero-order valence-corrected chi connectivity index (χ0v) is 12.6. The lowest BCUT2D eigenvalue weighted by molar-refractivity contribution is -0.384. The van der Waals surface area contributed by atoms with E-state index >= 15 is 0 Å². The molecule has 22 heavy (non-hydrogen) atoms. The van der Waals surface area contributed by atoms with E-state index in [-0.39, 0.29) is 11.6 Å². The molecule has 0 aliphatic rings. The van der Waals surface area contributed by atoms with Gasteiger partial charge >= 0.3 is 0 Å². The summed E-state index contributed by atoms with van der Waals surface area (Å²) in [4.78, 5) is 22.2. The predicted molar refractivity (Wildman–Crippen MR) is 86.2 cm³/mol. The molecule has 2 aromatic rings. The minimum Gasteiger partial charge on any atom is -0.322 e. The molecule has 0 spiro atoms. The molecule has 0 saturated heterocycles. The first-order valence-corrected chi connectivity index (χ1v) is 7.17. The Balaban J connectivity index is 2.06. The Kier molecular flexibility index (Phi) is 4.88. The second-order valence-corrected chi connectivity index (χ2v) is 5.19. The van der Waals surface area contributed by atoms with E-state index in [4.69, 9.17) is 0 Å². The zero-order chi connectivity index (χ0) is 16.1. The zero-order valence-electron chi connectivity index (χ0n) is 12.6. The normalized spacial score (nSPS) is 11.7. The molecule has 0 radical (unpaired) electrons. The molecule has 1 unspecified atom stereocenters. The molecular formula is C17H18N2O3. The van der Waals surface area contributed by atoms with Gasteiger partial charge in [-0.25, -0.2) is 0 Å². The SMILES string of the molecule is CCC(C)c1ccc(NC(=O)c2ccc([N+](=O)[O-])cc2)cc1. The first kappa shape index (κ1) is 15.7. The summed E-state index contributed by atoms with van der Waals surface area (Å²) in [6, 6.07) is 13.3. The van der Waals surface area contributed by atoms with E-state index in [0.29, 0.717) is 17.2 Å². The van der Waals surface area contributed by atoms with Crippen LogP contribution in [0.3, 0.4) is 0 Å². The number of non-ortho nitro benzene ring substituents is 1. The van der Waals surface area contributed by atoms with Crippen LogP contribution in [0.2, 0.25) is 0 Å². The van der Waals surface area contributed by atoms with Gasteiger partial charge in [-0.2, -0.15) is 0 Å². The molecular weight excluding hydrogens is 280 g/mol. The Morgan fingerprint density at radius 1 is 1.14 bits per heavy atom. The van der Waals surface area contributed by atoms with Crippen LogP contribution in [-0.2, 0) is 0 Å². The van der Waals surface area contributed by atoms with Gasteiger partial charge in [0.1, 0.15) is 0 Å². The van der Waals surface area contributed by atoms with Crippen LogP contribution in [0.5, 0.6) is 0 Å².